The van der Waals surface area contributed by atoms with Crippen LogP contribution in [0.15, 0.2) is 30.5 Å². The summed E-state index contributed by atoms with van der Waals surface area (Å²) in [4.78, 5) is 0. The van der Waals surface area contributed by atoms with Crippen molar-refractivity contribution >= 4 is 10.9 Å². The number of hydrogen-bond donors (Lipinski definition) is 0. The molecular weight excluding hydrogens is 160 g/mol. The molecule has 0 unspecified atom stereocenters. The molecule has 2 rings (SSSR count). The number of benzene rings is 1. The summed E-state index contributed by atoms with van der Waals surface area (Å²) < 4.78 is 2.03. The number of hydrogen-bond acceptors (Lipinski definition) is 1. The normalized spacial score (nSPS) is 11.3. The molecule has 0 aliphatic rings. The molecule has 1 aromatic heterocycles. The van der Waals surface area contributed by atoms with E-state index in [-0.39, 0.29) is 0 Å². The van der Waals surface area contributed by atoms with Gasteiger partial charge in [0.05, 0.1) is 11.7 Å². The smallest absolute Gasteiger partial charge is 0.0682 e. The van der Waals surface area contributed by atoms with E-state index < -0.39 is 0 Å². The minimum absolute atomic E-state index is 0.910. The van der Waals surface area contributed by atoms with Gasteiger partial charge in [0.1, 0.15) is 0 Å². The van der Waals surface area contributed by atoms with Crippen LogP contribution in [0.4, 0.5) is 0 Å². The highest BCUT2D eigenvalue weighted by Gasteiger charge is 2.02. The van der Waals surface area contributed by atoms with E-state index in [0.717, 1.165) is 6.54 Å². The summed E-state index contributed by atoms with van der Waals surface area (Å²) in [5.74, 6) is 1.37. The van der Waals surface area contributed by atoms with E-state index in [1.807, 2.05) is 23.0 Å². The average Bonchev–Trinajstić information content (AvgIpc) is 2.48. The Labute approximate surface area is 78.2 Å². The Morgan fingerprint density at radius 3 is 2.85 bits per heavy atom. The maximum Gasteiger partial charge on any atom is 0.0682 e. The lowest BCUT2D eigenvalue weighted by Gasteiger charge is -2.05. The molecule has 1 heterocycles. The first-order valence-electron chi connectivity index (χ1n) is 4.47. The molecule has 0 N–H and O–H groups in total. The molecule has 0 saturated carbocycles. The van der Waals surface area contributed by atoms with Crippen molar-refractivity contribution in [2.45, 2.75) is 20.4 Å². The van der Waals surface area contributed by atoms with Crippen LogP contribution in [-0.2, 0) is 6.54 Å². The van der Waals surface area contributed by atoms with Gasteiger partial charge in [-0.1, -0.05) is 32.0 Å². The quantitative estimate of drug-likeness (QED) is 0.682. The Morgan fingerprint density at radius 2 is 2.08 bits per heavy atom. The molecule has 2 aromatic rings. The Balaban J connectivity index is 2.46. The first kappa shape index (κ1) is 8.30. The summed E-state index contributed by atoms with van der Waals surface area (Å²) in [5, 5.41) is 5.54. The predicted molar refractivity (Wildman–Crippen MR) is 54.3 cm³/mol. The molecule has 1 radical (unpaired) electrons. The fourth-order valence-electron chi connectivity index (χ4n) is 1.45. The zero-order chi connectivity index (χ0) is 9.26. The Morgan fingerprint density at radius 1 is 1.31 bits per heavy atom. The van der Waals surface area contributed by atoms with Crippen molar-refractivity contribution < 1.29 is 0 Å². The minimum atomic E-state index is 0.910. The zero-order valence-electron chi connectivity index (χ0n) is 7.99. The SMILES string of the molecule is C[C](C)Cn1ncc2ccccc21. The van der Waals surface area contributed by atoms with E-state index >= 15 is 0 Å². The van der Waals surface area contributed by atoms with E-state index in [9.17, 15) is 0 Å². The molecule has 0 saturated heterocycles. The van der Waals surface area contributed by atoms with Gasteiger partial charge in [-0.15, -0.1) is 0 Å². The van der Waals surface area contributed by atoms with Crippen LogP contribution >= 0.6 is 0 Å². The van der Waals surface area contributed by atoms with Gasteiger partial charge in [0.25, 0.3) is 0 Å². The maximum absolute atomic E-state index is 4.33. The second-order valence-corrected chi connectivity index (χ2v) is 3.57. The first-order valence-corrected chi connectivity index (χ1v) is 4.47. The summed E-state index contributed by atoms with van der Waals surface area (Å²) in [6, 6.07) is 8.28. The predicted octanol–water partition coefficient (Wildman–Crippen LogP) is 2.65. The van der Waals surface area contributed by atoms with Crippen molar-refractivity contribution in [3.05, 3.63) is 36.4 Å². The van der Waals surface area contributed by atoms with Gasteiger partial charge in [-0.3, -0.25) is 4.68 Å². The molecule has 0 amide bonds. The van der Waals surface area contributed by atoms with Gasteiger partial charge in [-0.2, -0.15) is 5.10 Å². The summed E-state index contributed by atoms with van der Waals surface area (Å²) in [6.45, 7) is 5.15. The van der Waals surface area contributed by atoms with Gasteiger partial charge >= 0.3 is 0 Å². The van der Waals surface area contributed by atoms with Gasteiger partial charge < -0.3 is 0 Å². The third-order valence-corrected chi connectivity index (χ3v) is 2.02. The van der Waals surface area contributed by atoms with Crippen molar-refractivity contribution in [3.63, 3.8) is 0 Å². The average molecular weight is 173 g/mol. The van der Waals surface area contributed by atoms with Crippen LogP contribution in [0.5, 0.6) is 0 Å². The lowest BCUT2D eigenvalue weighted by atomic mass is 10.2. The van der Waals surface area contributed by atoms with Gasteiger partial charge in [-0.25, -0.2) is 0 Å². The molecule has 0 atom stereocenters. The van der Waals surface area contributed by atoms with Gasteiger partial charge in [0.2, 0.25) is 0 Å². The molecule has 1 aromatic carbocycles. The topological polar surface area (TPSA) is 17.8 Å². The molecule has 13 heavy (non-hydrogen) atoms. The van der Waals surface area contributed by atoms with Crippen molar-refractivity contribution in [1.82, 2.24) is 9.78 Å². The highest BCUT2D eigenvalue weighted by Crippen LogP contribution is 2.14. The van der Waals surface area contributed by atoms with E-state index in [1.165, 1.54) is 16.8 Å². The Hall–Kier alpha value is -1.31. The molecule has 2 heteroatoms. The summed E-state index contributed by atoms with van der Waals surface area (Å²) in [6.07, 6.45) is 1.91. The fourth-order valence-corrected chi connectivity index (χ4v) is 1.45. The number of fused-ring (bicyclic) bond motifs is 1. The molecule has 2 nitrogen and oxygen atoms in total. The summed E-state index contributed by atoms with van der Waals surface area (Å²) in [5.41, 5.74) is 1.21. The molecule has 67 valence electrons. The number of rotatable bonds is 2. The highest BCUT2D eigenvalue weighted by atomic mass is 15.3. The lowest BCUT2D eigenvalue weighted by Crippen LogP contribution is -2.03. The van der Waals surface area contributed by atoms with Crippen LogP contribution < -0.4 is 0 Å². The van der Waals surface area contributed by atoms with E-state index in [4.69, 9.17) is 0 Å². The van der Waals surface area contributed by atoms with E-state index in [2.05, 4.69) is 31.1 Å². The van der Waals surface area contributed by atoms with Gasteiger partial charge in [0, 0.05) is 11.9 Å². The molecule has 0 fully saturated rings. The number of para-hydroxylation sites is 1. The number of aromatic nitrogens is 2. The van der Waals surface area contributed by atoms with Crippen LogP contribution in [-0.4, -0.2) is 9.78 Å². The van der Waals surface area contributed by atoms with E-state index in [1.54, 1.807) is 0 Å². The van der Waals surface area contributed by atoms with Crippen LogP contribution in [0.2, 0.25) is 0 Å². The fraction of sp³-hybridized carbons (Fsp3) is 0.273. The van der Waals surface area contributed by atoms with Crippen molar-refractivity contribution in [3.8, 4) is 0 Å². The molecule has 0 bridgehead atoms. The molecule has 0 aliphatic carbocycles. The van der Waals surface area contributed by atoms with Crippen molar-refractivity contribution in [2.24, 2.45) is 0 Å². The third-order valence-electron chi connectivity index (χ3n) is 2.02. The second-order valence-electron chi connectivity index (χ2n) is 3.57. The van der Waals surface area contributed by atoms with Gasteiger partial charge in [-0.05, 0) is 12.0 Å². The summed E-state index contributed by atoms with van der Waals surface area (Å²) in [7, 11) is 0. The minimum Gasteiger partial charge on any atom is -0.264 e. The first-order chi connectivity index (χ1) is 6.27. The van der Waals surface area contributed by atoms with E-state index in [0.29, 0.717) is 0 Å². The largest absolute Gasteiger partial charge is 0.264 e. The molecular formula is C11H13N2. The number of nitrogens with zero attached hydrogens (tertiary/aromatic N) is 2. The van der Waals surface area contributed by atoms with Crippen LogP contribution in [0.1, 0.15) is 13.8 Å². The second kappa shape index (κ2) is 3.21. The highest BCUT2D eigenvalue weighted by molar-refractivity contribution is 5.78. The monoisotopic (exact) mass is 173 g/mol. The summed E-state index contributed by atoms with van der Waals surface area (Å²) >= 11 is 0. The third kappa shape index (κ3) is 1.57. The van der Waals surface area contributed by atoms with Gasteiger partial charge in [0.15, 0.2) is 0 Å². The van der Waals surface area contributed by atoms with Crippen molar-refractivity contribution in [2.75, 3.05) is 0 Å². The van der Waals surface area contributed by atoms with Crippen molar-refractivity contribution in [1.29, 1.82) is 0 Å². The lowest BCUT2D eigenvalue weighted by molar-refractivity contribution is 0.650. The Bertz CT molecular complexity index is 401. The zero-order valence-corrected chi connectivity index (χ0v) is 7.99. The van der Waals surface area contributed by atoms with Crippen LogP contribution in [0, 0.1) is 5.92 Å². The van der Waals surface area contributed by atoms with Crippen LogP contribution in [0.25, 0.3) is 10.9 Å². The standard InChI is InChI=1S/C11H13N2/c1-9(2)8-13-11-6-4-3-5-10(11)7-12-13/h3-7H,8H2,1-2H3. The Kier molecular flexibility index (Phi) is 2.05. The molecule has 0 aliphatic heterocycles. The maximum atomic E-state index is 4.33. The van der Waals surface area contributed by atoms with Crippen LogP contribution in [0.3, 0.4) is 0 Å². The molecule has 0 spiro atoms.